The summed E-state index contributed by atoms with van der Waals surface area (Å²) < 4.78 is 78.9. The average molecular weight is 592 g/mol. The molecule has 2 N–H and O–H groups in total. The highest BCUT2D eigenvalue weighted by Gasteiger charge is 2.26. The number of piperidine rings is 1. The zero-order valence-corrected chi connectivity index (χ0v) is 22.3. The van der Waals surface area contributed by atoms with Gasteiger partial charge < -0.3 is 10.1 Å². The molecule has 1 saturated heterocycles. The van der Waals surface area contributed by atoms with Crippen LogP contribution in [0.1, 0.15) is 23.7 Å². The maximum atomic E-state index is 15.0. The third kappa shape index (κ3) is 6.24. The van der Waals surface area contributed by atoms with Crippen LogP contribution in [0.2, 0.25) is 5.02 Å². The van der Waals surface area contributed by atoms with Crippen LogP contribution in [0.5, 0.6) is 11.6 Å². The van der Waals surface area contributed by atoms with E-state index in [9.17, 15) is 17.4 Å². The van der Waals surface area contributed by atoms with Gasteiger partial charge in [0, 0.05) is 42.5 Å². The number of hydrogen-bond acceptors (Lipinski definition) is 6. The minimum absolute atomic E-state index is 0.167. The van der Waals surface area contributed by atoms with Crippen molar-refractivity contribution in [1.29, 1.82) is 0 Å². The van der Waals surface area contributed by atoms with Gasteiger partial charge in [0.05, 0.1) is 17.0 Å². The summed E-state index contributed by atoms with van der Waals surface area (Å²) in [6, 6.07) is 11.9. The van der Waals surface area contributed by atoms with E-state index in [2.05, 4.69) is 25.0 Å². The molecule has 1 fully saturated rings. The van der Waals surface area contributed by atoms with Gasteiger partial charge in [-0.3, -0.25) is 4.72 Å². The van der Waals surface area contributed by atoms with Crippen molar-refractivity contribution in [2.45, 2.75) is 24.3 Å². The lowest BCUT2D eigenvalue weighted by atomic mass is 9.97. The topological polar surface area (TPSA) is 89.0 Å². The van der Waals surface area contributed by atoms with Crippen LogP contribution in [0.3, 0.4) is 0 Å². The SMILES string of the molecule is O=S(Cc1ccccc1Cl)Nc1c(F)cc(Oc2ncccc2-c2ccnc(C3CNCC(F)C3)n2)c(F)c1F. The van der Waals surface area contributed by atoms with Crippen LogP contribution < -0.4 is 14.8 Å². The Labute approximate surface area is 234 Å². The quantitative estimate of drug-likeness (QED) is 0.190. The molecule has 13 heteroatoms. The molecule has 40 heavy (non-hydrogen) atoms. The monoisotopic (exact) mass is 591 g/mol. The van der Waals surface area contributed by atoms with E-state index in [1.54, 1.807) is 42.5 Å². The Morgan fingerprint density at radius 2 is 1.88 bits per heavy atom. The summed E-state index contributed by atoms with van der Waals surface area (Å²) in [5.41, 5.74) is 0.221. The lowest BCUT2D eigenvalue weighted by Crippen LogP contribution is -2.36. The first-order chi connectivity index (χ1) is 19.3. The van der Waals surface area contributed by atoms with E-state index in [4.69, 9.17) is 16.3 Å². The Hall–Kier alpha value is -3.61. The molecule has 0 saturated carbocycles. The van der Waals surface area contributed by atoms with Gasteiger partial charge in [0.2, 0.25) is 11.7 Å². The predicted octanol–water partition coefficient (Wildman–Crippen LogP) is 6.09. The maximum Gasteiger partial charge on any atom is 0.228 e. The second-order valence-electron chi connectivity index (χ2n) is 8.99. The molecule has 3 atom stereocenters. The summed E-state index contributed by atoms with van der Waals surface area (Å²) in [4.78, 5) is 12.9. The van der Waals surface area contributed by atoms with E-state index in [1.807, 2.05) is 0 Å². The Morgan fingerprint density at radius 1 is 1.05 bits per heavy atom. The number of halogens is 5. The molecule has 3 heterocycles. The van der Waals surface area contributed by atoms with Crippen LogP contribution >= 0.6 is 11.6 Å². The molecule has 5 rings (SSSR count). The molecule has 2 aromatic heterocycles. The molecule has 2 aromatic carbocycles. The Balaban J connectivity index is 1.39. The molecule has 0 bridgehead atoms. The Kier molecular flexibility index (Phi) is 8.57. The number of ether oxygens (including phenoxy) is 1. The fraction of sp³-hybridized carbons (Fsp3) is 0.222. The van der Waals surface area contributed by atoms with Crippen molar-refractivity contribution in [2.24, 2.45) is 0 Å². The summed E-state index contributed by atoms with van der Waals surface area (Å²) in [5.74, 6) is -5.31. The van der Waals surface area contributed by atoms with E-state index in [0.29, 0.717) is 40.3 Å². The minimum atomic E-state index is -2.02. The third-order valence-electron chi connectivity index (χ3n) is 6.18. The van der Waals surface area contributed by atoms with Crippen LogP contribution in [-0.4, -0.2) is 38.4 Å². The van der Waals surface area contributed by atoms with Gasteiger partial charge in [-0.25, -0.2) is 32.3 Å². The van der Waals surface area contributed by atoms with Crippen LogP contribution in [-0.2, 0) is 16.7 Å². The lowest BCUT2D eigenvalue weighted by Gasteiger charge is -2.24. The van der Waals surface area contributed by atoms with Crippen molar-refractivity contribution in [3.8, 4) is 22.9 Å². The van der Waals surface area contributed by atoms with E-state index >= 15 is 4.39 Å². The fourth-order valence-electron chi connectivity index (χ4n) is 4.23. The van der Waals surface area contributed by atoms with Gasteiger partial charge in [-0.1, -0.05) is 29.8 Å². The van der Waals surface area contributed by atoms with Crippen molar-refractivity contribution < 1.29 is 26.5 Å². The predicted molar refractivity (Wildman–Crippen MR) is 144 cm³/mol. The van der Waals surface area contributed by atoms with Gasteiger partial charge in [-0.15, -0.1) is 0 Å². The normalized spacial score (nSPS) is 17.8. The van der Waals surface area contributed by atoms with E-state index in [-0.39, 0.29) is 30.5 Å². The minimum Gasteiger partial charge on any atom is -0.435 e. The summed E-state index contributed by atoms with van der Waals surface area (Å²) in [6.07, 6.45) is 2.10. The molecule has 0 radical (unpaired) electrons. The number of nitrogens with zero attached hydrogens (tertiary/aromatic N) is 3. The van der Waals surface area contributed by atoms with Crippen molar-refractivity contribution in [2.75, 3.05) is 17.8 Å². The molecule has 1 aliphatic rings. The van der Waals surface area contributed by atoms with Gasteiger partial charge in [0.1, 0.15) is 28.7 Å². The number of anilines is 1. The van der Waals surface area contributed by atoms with Crippen LogP contribution in [0.25, 0.3) is 11.3 Å². The molecule has 7 nitrogen and oxygen atoms in total. The number of pyridine rings is 1. The molecule has 0 aliphatic carbocycles. The number of benzene rings is 2. The highest BCUT2D eigenvalue weighted by molar-refractivity contribution is 7.85. The van der Waals surface area contributed by atoms with Crippen LogP contribution in [0, 0.1) is 17.5 Å². The zero-order valence-electron chi connectivity index (χ0n) is 20.7. The molecule has 0 spiro atoms. The van der Waals surface area contributed by atoms with Crippen molar-refractivity contribution >= 4 is 28.3 Å². The van der Waals surface area contributed by atoms with Gasteiger partial charge in [-0.2, -0.15) is 4.39 Å². The van der Waals surface area contributed by atoms with Gasteiger partial charge >= 0.3 is 0 Å². The van der Waals surface area contributed by atoms with Crippen LogP contribution in [0.4, 0.5) is 23.2 Å². The van der Waals surface area contributed by atoms with Crippen molar-refractivity contribution in [3.63, 3.8) is 0 Å². The van der Waals surface area contributed by atoms with Gasteiger partial charge in [0.15, 0.2) is 17.4 Å². The smallest absolute Gasteiger partial charge is 0.228 e. The zero-order chi connectivity index (χ0) is 28.2. The number of hydrogen-bond donors (Lipinski definition) is 2. The Morgan fingerprint density at radius 3 is 2.67 bits per heavy atom. The first-order valence-electron chi connectivity index (χ1n) is 12.2. The summed E-state index contributed by atoms with van der Waals surface area (Å²) in [5, 5.41) is 3.33. The van der Waals surface area contributed by atoms with Gasteiger partial charge in [0.25, 0.3) is 0 Å². The highest BCUT2D eigenvalue weighted by Crippen LogP contribution is 2.36. The molecule has 208 valence electrons. The standard InChI is InChI=1S/C27H22ClF4N5O2S/c28-19-6-2-1-4-15(19)14-40(38)37-25-20(30)11-22(23(31)24(25)32)39-27-18(5-3-8-35-27)21-7-9-34-26(36-21)16-10-17(29)13-33-12-16/h1-9,11,16-17,33,37H,10,12-14H2. The summed E-state index contributed by atoms with van der Waals surface area (Å²) in [6.45, 7) is 0.772. The van der Waals surface area contributed by atoms with Crippen molar-refractivity contribution in [3.05, 3.63) is 94.8 Å². The van der Waals surface area contributed by atoms with E-state index < -0.39 is 46.0 Å². The lowest BCUT2D eigenvalue weighted by molar-refractivity contribution is 0.243. The molecule has 0 amide bonds. The third-order valence-corrected chi connectivity index (χ3v) is 7.55. The largest absolute Gasteiger partial charge is 0.435 e. The molecule has 1 aliphatic heterocycles. The second-order valence-corrected chi connectivity index (χ2v) is 10.6. The van der Waals surface area contributed by atoms with Crippen molar-refractivity contribution in [1.82, 2.24) is 20.3 Å². The van der Waals surface area contributed by atoms with Crippen LogP contribution in [0.15, 0.2) is 60.9 Å². The summed E-state index contributed by atoms with van der Waals surface area (Å²) in [7, 11) is -2.02. The number of rotatable bonds is 8. The number of aromatic nitrogens is 3. The molecular weight excluding hydrogens is 570 g/mol. The fourth-order valence-corrected chi connectivity index (χ4v) is 5.53. The first-order valence-corrected chi connectivity index (χ1v) is 13.9. The molecular formula is C27H22ClF4N5O2S. The highest BCUT2D eigenvalue weighted by atomic mass is 35.5. The number of nitrogens with one attached hydrogen (secondary N) is 2. The van der Waals surface area contributed by atoms with E-state index in [1.165, 1.54) is 12.4 Å². The molecule has 4 aromatic rings. The maximum absolute atomic E-state index is 15.0. The Bertz CT molecular complexity index is 1560. The molecule has 3 unspecified atom stereocenters. The average Bonchev–Trinajstić information content (AvgIpc) is 2.95. The summed E-state index contributed by atoms with van der Waals surface area (Å²) >= 11 is 6.05. The number of alkyl halides is 1. The van der Waals surface area contributed by atoms with E-state index in [0.717, 1.165) is 0 Å². The first kappa shape index (κ1) is 27.9. The second kappa shape index (κ2) is 12.3. The van der Waals surface area contributed by atoms with Gasteiger partial charge in [-0.05, 0) is 36.2 Å².